The quantitative estimate of drug-likeness (QED) is 0.648. The van der Waals surface area contributed by atoms with Gasteiger partial charge in [0, 0.05) is 7.05 Å². The first-order valence-corrected chi connectivity index (χ1v) is 4.41. The van der Waals surface area contributed by atoms with Crippen LogP contribution in [0.5, 0.6) is 5.75 Å². The molecule has 1 aromatic carbocycles. The maximum Gasteiger partial charge on any atom is 0.143 e. The van der Waals surface area contributed by atoms with Gasteiger partial charge in [-0.15, -0.1) is 0 Å². The third-order valence-electron chi connectivity index (χ3n) is 2.32. The van der Waals surface area contributed by atoms with Crippen LogP contribution in [0.15, 0.2) is 24.8 Å². The standard InChI is InChI=1S/C11H13NO/c1-3-9-4-5-10-11(8-9)13-7-6-12(10)2/h3-5,8H,1,6-7H2,2H3. The largest absolute Gasteiger partial charge is 0.490 e. The zero-order chi connectivity index (χ0) is 9.26. The molecule has 0 N–H and O–H groups in total. The third kappa shape index (κ3) is 1.39. The summed E-state index contributed by atoms with van der Waals surface area (Å²) in [7, 11) is 2.08. The number of fused-ring (bicyclic) bond motifs is 1. The Bertz CT molecular complexity index is 333. The first-order chi connectivity index (χ1) is 6.31. The highest BCUT2D eigenvalue weighted by atomic mass is 16.5. The average molecular weight is 175 g/mol. The topological polar surface area (TPSA) is 12.5 Å². The summed E-state index contributed by atoms with van der Waals surface area (Å²) in [4.78, 5) is 2.20. The molecule has 0 radical (unpaired) electrons. The van der Waals surface area contributed by atoms with E-state index in [1.165, 1.54) is 0 Å². The lowest BCUT2D eigenvalue weighted by molar-refractivity contribution is 0.311. The second-order valence-corrected chi connectivity index (χ2v) is 3.20. The van der Waals surface area contributed by atoms with Crippen molar-refractivity contribution in [2.75, 3.05) is 25.1 Å². The Morgan fingerprint density at radius 1 is 1.54 bits per heavy atom. The van der Waals surface area contributed by atoms with Gasteiger partial charge in [-0.05, 0) is 17.7 Å². The smallest absolute Gasteiger partial charge is 0.143 e. The summed E-state index contributed by atoms with van der Waals surface area (Å²) < 4.78 is 5.55. The van der Waals surface area contributed by atoms with Gasteiger partial charge in [-0.25, -0.2) is 0 Å². The molecule has 0 amide bonds. The monoisotopic (exact) mass is 175 g/mol. The molecule has 0 atom stereocenters. The zero-order valence-corrected chi connectivity index (χ0v) is 7.79. The molecule has 2 heteroatoms. The Morgan fingerprint density at radius 2 is 2.38 bits per heavy atom. The fraction of sp³-hybridized carbons (Fsp3) is 0.273. The fourth-order valence-electron chi connectivity index (χ4n) is 1.50. The van der Waals surface area contributed by atoms with Crippen LogP contribution in [-0.2, 0) is 0 Å². The molecule has 0 saturated heterocycles. The Hall–Kier alpha value is -1.44. The number of nitrogens with zero attached hydrogens (tertiary/aromatic N) is 1. The molecule has 0 unspecified atom stereocenters. The predicted octanol–water partition coefficient (Wildman–Crippen LogP) is 2.16. The van der Waals surface area contributed by atoms with Gasteiger partial charge in [-0.1, -0.05) is 18.7 Å². The van der Waals surface area contributed by atoms with Crippen LogP contribution in [0.1, 0.15) is 5.56 Å². The number of hydrogen-bond acceptors (Lipinski definition) is 2. The van der Waals surface area contributed by atoms with Gasteiger partial charge in [-0.2, -0.15) is 0 Å². The fourth-order valence-corrected chi connectivity index (χ4v) is 1.50. The van der Waals surface area contributed by atoms with E-state index in [1.54, 1.807) is 0 Å². The lowest BCUT2D eigenvalue weighted by atomic mass is 10.1. The molecule has 1 aliphatic rings. The van der Waals surface area contributed by atoms with Crippen LogP contribution >= 0.6 is 0 Å². The molecule has 1 heterocycles. The summed E-state index contributed by atoms with van der Waals surface area (Å²) in [5.74, 6) is 0.964. The third-order valence-corrected chi connectivity index (χ3v) is 2.32. The second kappa shape index (κ2) is 3.13. The predicted molar refractivity (Wildman–Crippen MR) is 55.3 cm³/mol. The van der Waals surface area contributed by atoms with Crippen LogP contribution in [0.3, 0.4) is 0 Å². The van der Waals surface area contributed by atoms with Crippen LogP contribution in [0.2, 0.25) is 0 Å². The van der Waals surface area contributed by atoms with Crippen molar-refractivity contribution in [3.05, 3.63) is 30.3 Å². The SMILES string of the molecule is C=Cc1ccc2c(c1)OCCN2C. The van der Waals surface area contributed by atoms with Crippen molar-refractivity contribution in [3.8, 4) is 5.75 Å². The minimum atomic E-state index is 0.768. The van der Waals surface area contributed by atoms with Crippen molar-refractivity contribution in [2.24, 2.45) is 0 Å². The minimum absolute atomic E-state index is 0.768. The molecule has 2 nitrogen and oxygen atoms in total. The van der Waals surface area contributed by atoms with Gasteiger partial charge in [0.1, 0.15) is 12.4 Å². The zero-order valence-electron chi connectivity index (χ0n) is 7.79. The molecule has 0 aliphatic carbocycles. The van der Waals surface area contributed by atoms with Crippen molar-refractivity contribution in [2.45, 2.75) is 0 Å². The van der Waals surface area contributed by atoms with Gasteiger partial charge < -0.3 is 9.64 Å². The molecule has 2 rings (SSSR count). The molecule has 0 aromatic heterocycles. The lowest BCUT2D eigenvalue weighted by Gasteiger charge is -2.27. The van der Waals surface area contributed by atoms with E-state index < -0.39 is 0 Å². The Kier molecular flexibility index (Phi) is 1.97. The Balaban J connectivity index is 2.45. The molecular formula is C11H13NO. The van der Waals surface area contributed by atoms with Crippen molar-refractivity contribution in [1.29, 1.82) is 0 Å². The van der Waals surface area contributed by atoms with Crippen molar-refractivity contribution < 1.29 is 4.74 Å². The lowest BCUT2D eigenvalue weighted by Crippen LogP contribution is -2.28. The number of rotatable bonds is 1. The van der Waals surface area contributed by atoms with E-state index in [0.717, 1.165) is 30.2 Å². The van der Waals surface area contributed by atoms with Crippen LogP contribution in [-0.4, -0.2) is 20.2 Å². The van der Waals surface area contributed by atoms with Gasteiger partial charge in [0.2, 0.25) is 0 Å². The summed E-state index contributed by atoms with van der Waals surface area (Å²) in [5.41, 5.74) is 2.27. The number of benzene rings is 1. The summed E-state index contributed by atoms with van der Waals surface area (Å²) in [6, 6.07) is 6.15. The molecular weight excluding hydrogens is 162 g/mol. The van der Waals surface area contributed by atoms with Crippen LogP contribution in [0.25, 0.3) is 6.08 Å². The van der Waals surface area contributed by atoms with E-state index in [1.807, 2.05) is 12.1 Å². The van der Waals surface area contributed by atoms with E-state index in [4.69, 9.17) is 4.74 Å². The summed E-state index contributed by atoms with van der Waals surface area (Å²) in [5, 5.41) is 0. The highest BCUT2D eigenvalue weighted by Crippen LogP contribution is 2.31. The molecule has 0 saturated carbocycles. The number of ether oxygens (including phenoxy) is 1. The highest BCUT2D eigenvalue weighted by Gasteiger charge is 2.13. The maximum atomic E-state index is 5.55. The highest BCUT2D eigenvalue weighted by molar-refractivity contribution is 5.64. The van der Waals surface area contributed by atoms with E-state index in [-0.39, 0.29) is 0 Å². The van der Waals surface area contributed by atoms with E-state index in [2.05, 4.69) is 30.7 Å². The normalized spacial score (nSPS) is 14.7. The molecule has 1 aliphatic heterocycles. The molecule has 68 valence electrons. The van der Waals surface area contributed by atoms with Gasteiger partial charge in [0.05, 0.1) is 12.2 Å². The van der Waals surface area contributed by atoms with E-state index in [9.17, 15) is 0 Å². The number of likely N-dealkylation sites (N-methyl/N-ethyl adjacent to an activating group) is 1. The van der Waals surface area contributed by atoms with Crippen molar-refractivity contribution in [3.63, 3.8) is 0 Å². The Morgan fingerprint density at radius 3 is 3.15 bits per heavy atom. The molecule has 0 spiro atoms. The summed E-state index contributed by atoms with van der Waals surface area (Å²) in [6.07, 6.45) is 1.83. The van der Waals surface area contributed by atoms with Gasteiger partial charge >= 0.3 is 0 Å². The Labute approximate surface area is 78.4 Å². The van der Waals surface area contributed by atoms with Crippen molar-refractivity contribution >= 4 is 11.8 Å². The summed E-state index contributed by atoms with van der Waals surface area (Å²) in [6.45, 7) is 5.46. The first kappa shape index (κ1) is 8.17. The van der Waals surface area contributed by atoms with Gasteiger partial charge in [0.15, 0.2) is 0 Å². The first-order valence-electron chi connectivity index (χ1n) is 4.41. The maximum absolute atomic E-state index is 5.55. The minimum Gasteiger partial charge on any atom is -0.490 e. The molecule has 0 bridgehead atoms. The average Bonchev–Trinajstić information content (AvgIpc) is 2.18. The number of anilines is 1. The second-order valence-electron chi connectivity index (χ2n) is 3.20. The molecule has 0 fully saturated rings. The summed E-state index contributed by atoms with van der Waals surface area (Å²) >= 11 is 0. The van der Waals surface area contributed by atoms with Gasteiger partial charge in [-0.3, -0.25) is 0 Å². The van der Waals surface area contributed by atoms with Crippen LogP contribution < -0.4 is 9.64 Å². The van der Waals surface area contributed by atoms with E-state index >= 15 is 0 Å². The van der Waals surface area contributed by atoms with Crippen LogP contribution in [0.4, 0.5) is 5.69 Å². The molecule has 1 aromatic rings. The van der Waals surface area contributed by atoms with E-state index in [0.29, 0.717) is 0 Å². The van der Waals surface area contributed by atoms with Crippen LogP contribution in [0, 0.1) is 0 Å². The number of hydrogen-bond donors (Lipinski definition) is 0. The van der Waals surface area contributed by atoms with Crippen molar-refractivity contribution in [1.82, 2.24) is 0 Å². The van der Waals surface area contributed by atoms with Gasteiger partial charge in [0.25, 0.3) is 0 Å². The molecule has 13 heavy (non-hydrogen) atoms.